The highest BCUT2D eigenvalue weighted by Crippen LogP contribution is 2.29. The molecule has 1 unspecified atom stereocenters. The highest BCUT2D eigenvalue weighted by Gasteiger charge is 2.27. The van der Waals surface area contributed by atoms with Crippen molar-refractivity contribution in [1.82, 2.24) is 4.90 Å². The molecule has 1 atom stereocenters. The van der Waals surface area contributed by atoms with Gasteiger partial charge in [0.2, 0.25) is 5.91 Å². The topological polar surface area (TPSA) is 46.3 Å². The van der Waals surface area contributed by atoms with Crippen molar-refractivity contribution < 1.29 is 4.79 Å². The van der Waals surface area contributed by atoms with E-state index in [0.717, 1.165) is 12.3 Å². The Kier molecular flexibility index (Phi) is 5.96. The highest BCUT2D eigenvalue weighted by molar-refractivity contribution is 5.78. The summed E-state index contributed by atoms with van der Waals surface area (Å²) in [7, 11) is 1.96. The van der Waals surface area contributed by atoms with Crippen molar-refractivity contribution >= 4 is 5.91 Å². The van der Waals surface area contributed by atoms with Gasteiger partial charge in [-0.25, -0.2) is 0 Å². The van der Waals surface area contributed by atoms with Gasteiger partial charge < -0.3 is 10.6 Å². The SMILES string of the molecule is CCC1CCC(N(C)C(=O)C(C)CCN)CC1. The van der Waals surface area contributed by atoms with Crippen molar-refractivity contribution in [2.45, 2.75) is 58.4 Å². The van der Waals surface area contributed by atoms with E-state index in [-0.39, 0.29) is 11.8 Å². The smallest absolute Gasteiger partial charge is 0.225 e. The zero-order valence-corrected chi connectivity index (χ0v) is 11.6. The molecule has 1 saturated carbocycles. The van der Waals surface area contributed by atoms with Crippen LogP contribution >= 0.6 is 0 Å². The summed E-state index contributed by atoms with van der Waals surface area (Å²) in [5.74, 6) is 1.24. The van der Waals surface area contributed by atoms with E-state index in [2.05, 4.69) is 6.92 Å². The van der Waals surface area contributed by atoms with Crippen LogP contribution in [0, 0.1) is 11.8 Å². The molecule has 0 aromatic carbocycles. The van der Waals surface area contributed by atoms with Crippen LogP contribution in [-0.4, -0.2) is 30.4 Å². The number of nitrogens with two attached hydrogens (primary N) is 1. The summed E-state index contributed by atoms with van der Waals surface area (Å²) >= 11 is 0. The van der Waals surface area contributed by atoms with Crippen LogP contribution in [0.1, 0.15) is 52.4 Å². The van der Waals surface area contributed by atoms with Gasteiger partial charge in [-0.2, -0.15) is 0 Å². The monoisotopic (exact) mass is 240 g/mol. The Morgan fingerprint density at radius 3 is 2.41 bits per heavy atom. The van der Waals surface area contributed by atoms with E-state index < -0.39 is 0 Å². The molecule has 1 rings (SSSR count). The van der Waals surface area contributed by atoms with Crippen LogP contribution < -0.4 is 5.73 Å². The second kappa shape index (κ2) is 7.00. The van der Waals surface area contributed by atoms with Gasteiger partial charge in [-0.1, -0.05) is 20.3 Å². The van der Waals surface area contributed by atoms with Crippen LogP contribution in [0.15, 0.2) is 0 Å². The van der Waals surface area contributed by atoms with Gasteiger partial charge in [0.05, 0.1) is 0 Å². The van der Waals surface area contributed by atoms with Crippen LogP contribution in [0.2, 0.25) is 0 Å². The number of carbonyl (C=O) groups excluding carboxylic acids is 1. The van der Waals surface area contributed by atoms with Crippen molar-refractivity contribution in [1.29, 1.82) is 0 Å². The molecule has 0 spiro atoms. The molecule has 1 amide bonds. The third kappa shape index (κ3) is 3.98. The van der Waals surface area contributed by atoms with Crippen LogP contribution in [0.4, 0.5) is 0 Å². The van der Waals surface area contributed by atoms with E-state index in [4.69, 9.17) is 5.73 Å². The lowest BCUT2D eigenvalue weighted by Gasteiger charge is -2.35. The van der Waals surface area contributed by atoms with Crippen LogP contribution in [-0.2, 0) is 4.79 Å². The molecule has 17 heavy (non-hydrogen) atoms. The molecule has 3 heteroatoms. The van der Waals surface area contributed by atoms with Gasteiger partial charge in [0.1, 0.15) is 0 Å². The average Bonchev–Trinajstić information content (AvgIpc) is 2.37. The first kappa shape index (κ1) is 14.5. The summed E-state index contributed by atoms with van der Waals surface area (Å²) in [5.41, 5.74) is 5.51. The molecule has 3 nitrogen and oxygen atoms in total. The Bertz CT molecular complexity index is 234. The Balaban J connectivity index is 2.42. The number of hydrogen-bond acceptors (Lipinski definition) is 2. The third-order valence-electron chi connectivity index (χ3n) is 4.31. The molecular weight excluding hydrogens is 212 g/mol. The van der Waals surface area contributed by atoms with Crippen molar-refractivity contribution in [3.63, 3.8) is 0 Å². The molecule has 0 bridgehead atoms. The van der Waals surface area contributed by atoms with Gasteiger partial charge in [0.15, 0.2) is 0 Å². The summed E-state index contributed by atoms with van der Waals surface area (Å²) in [6, 6.07) is 0.463. The summed E-state index contributed by atoms with van der Waals surface area (Å²) < 4.78 is 0. The first-order valence-electron chi connectivity index (χ1n) is 7.06. The normalized spacial score (nSPS) is 26.6. The van der Waals surface area contributed by atoms with E-state index in [1.54, 1.807) is 0 Å². The van der Waals surface area contributed by atoms with Crippen molar-refractivity contribution in [2.75, 3.05) is 13.6 Å². The van der Waals surface area contributed by atoms with E-state index in [0.29, 0.717) is 12.6 Å². The molecule has 0 aromatic heterocycles. The summed E-state index contributed by atoms with van der Waals surface area (Å²) in [5, 5.41) is 0. The molecular formula is C14H28N2O. The van der Waals surface area contributed by atoms with Crippen molar-refractivity contribution in [3.8, 4) is 0 Å². The Morgan fingerprint density at radius 2 is 1.94 bits per heavy atom. The van der Waals surface area contributed by atoms with E-state index >= 15 is 0 Å². The standard InChI is InChI=1S/C14H28N2O/c1-4-12-5-7-13(8-6-12)16(3)14(17)11(2)9-10-15/h11-13H,4-10,15H2,1-3H3. The zero-order valence-electron chi connectivity index (χ0n) is 11.6. The Hall–Kier alpha value is -0.570. The van der Waals surface area contributed by atoms with Crippen LogP contribution in [0.25, 0.3) is 0 Å². The highest BCUT2D eigenvalue weighted by atomic mass is 16.2. The first-order valence-corrected chi connectivity index (χ1v) is 7.06. The molecule has 2 N–H and O–H groups in total. The second-order valence-electron chi connectivity index (χ2n) is 5.51. The lowest BCUT2D eigenvalue weighted by atomic mass is 9.84. The average molecular weight is 240 g/mol. The largest absolute Gasteiger partial charge is 0.343 e. The maximum atomic E-state index is 12.2. The molecule has 0 heterocycles. The number of amides is 1. The predicted molar refractivity (Wildman–Crippen MR) is 71.6 cm³/mol. The molecule has 0 aliphatic heterocycles. The lowest BCUT2D eigenvalue weighted by Crippen LogP contribution is -2.42. The Morgan fingerprint density at radius 1 is 1.35 bits per heavy atom. The maximum Gasteiger partial charge on any atom is 0.225 e. The summed E-state index contributed by atoms with van der Waals surface area (Å²) in [4.78, 5) is 14.1. The molecule has 1 fully saturated rings. The fraction of sp³-hybridized carbons (Fsp3) is 0.929. The van der Waals surface area contributed by atoms with Gasteiger partial charge in [-0.05, 0) is 44.6 Å². The van der Waals surface area contributed by atoms with Gasteiger partial charge in [-0.3, -0.25) is 4.79 Å². The quantitative estimate of drug-likeness (QED) is 0.802. The summed E-state index contributed by atoms with van der Waals surface area (Å²) in [6.07, 6.45) is 7.00. The van der Waals surface area contributed by atoms with E-state index in [1.165, 1.54) is 32.1 Å². The minimum absolute atomic E-state index is 0.0777. The predicted octanol–water partition coefficient (Wildman–Crippen LogP) is 2.40. The minimum atomic E-state index is 0.0777. The van der Waals surface area contributed by atoms with Crippen molar-refractivity contribution in [3.05, 3.63) is 0 Å². The van der Waals surface area contributed by atoms with E-state index in [9.17, 15) is 4.79 Å². The third-order valence-corrected chi connectivity index (χ3v) is 4.31. The zero-order chi connectivity index (χ0) is 12.8. The number of nitrogens with zero attached hydrogens (tertiary/aromatic N) is 1. The molecule has 100 valence electrons. The minimum Gasteiger partial charge on any atom is -0.343 e. The van der Waals surface area contributed by atoms with Crippen LogP contribution in [0.5, 0.6) is 0 Å². The van der Waals surface area contributed by atoms with E-state index in [1.807, 2.05) is 18.9 Å². The fourth-order valence-corrected chi connectivity index (χ4v) is 2.84. The molecule has 0 radical (unpaired) electrons. The molecule has 1 aliphatic rings. The molecule has 0 aromatic rings. The second-order valence-corrected chi connectivity index (χ2v) is 5.51. The molecule has 0 saturated heterocycles. The summed E-state index contributed by atoms with van der Waals surface area (Å²) in [6.45, 7) is 4.86. The van der Waals surface area contributed by atoms with Crippen molar-refractivity contribution in [2.24, 2.45) is 17.6 Å². The van der Waals surface area contributed by atoms with Gasteiger partial charge in [-0.15, -0.1) is 0 Å². The number of carbonyl (C=O) groups is 1. The van der Waals surface area contributed by atoms with Gasteiger partial charge >= 0.3 is 0 Å². The number of rotatable bonds is 5. The van der Waals surface area contributed by atoms with Gasteiger partial charge in [0, 0.05) is 19.0 Å². The number of hydrogen-bond donors (Lipinski definition) is 1. The first-order chi connectivity index (χ1) is 8.10. The van der Waals surface area contributed by atoms with Crippen LogP contribution in [0.3, 0.4) is 0 Å². The fourth-order valence-electron chi connectivity index (χ4n) is 2.84. The Labute approximate surface area is 106 Å². The lowest BCUT2D eigenvalue weighted by molar-refractivity contribution is -0.136. The van der Waals surface area contributed by atoms with Gasteiger partial charge in [0.25, 0.3) is 0 Å². The molecule has 1 aliphatic carbocycles. The maximum absolute atomic E-state index is 12.2.